The van der Waals surface area contributed by atoms with Crippen molar-refractivity contribution in [2.75, 3.05) is 39.3 Å². The minimum absolute atomic E-state index is 0.0601. The van der Waals surface area contributed by atoms with Gasteiger partial charge in [-0.05, 0) is 32.6 Å². The Bertz CT molecular complexity index is 426. The molecule has 1 fully saturated rings. The first-order valence-electron chi connectivity index (χ1n) is 9.74. The number of amides is 2. The van der Waals surface area contributed by atoms with Crippen LogP contribution in [-0.2, 0) is 9.59 Å². The molecule has 7 nitrogen and oxygen atoms in total. The van der Waals surface area contributed by atoms with Crippen molar-refractivity contribution in [2.24, 2.45) is 4.99 Å². The van der Waals surface area contributed by atoms with Crippen molar-refractivity contribution in [1.82, 2.24) is 20.9 Å². The van der Waals surface area contributed by atoms with Gasteiger partial charge in [-0.2, -0.15) is 0 Å². The molecular weight excluding hydrogens is 318 g/mol. The molecule has 25 heavy (non-hydrogen) atoms. The largest absolute Gasteiger partial charge is 0.357 e. The Labute approximate surface area is 152 Å². The average molecular weight is 354 g/mol. The Hall–Kier alpha value is -1.79. The maximum atomic E-state index is 12.0. The lowest BCUT2D eigenvalue weighted by Crippen LogP contribution is -2.39. The molecule has 7 heteroatoms. The summed E-state index contributed by atoms with van der Waals surface area (Å²) in [4.78, 5) is 30.0. The summed E-state index contributed by atoms with van der Waals surface area (Å²) in [6.07, 6.45) is 6.22. The van der Waals surface area contributed by atoms with Crippen molar-refractivity contribution in [1.29, 1.82) is 0 Å². The van der Waals surface area contributed by atoms with Gasteiger partial charge in [0.2, 0.25) is 11.8 Å². The quantitative estimate of drug-likeness (QED) is 0.313. The summed E-state index contributed by atoms with van der Waals surface area (Å²) < 4.78 is 0. The van der Waals surface area contributed by atoms with Gasteiger partial charge in [-0.1, -0.05) is 13.3 Å². The lowest BCUT2D eigenvalue weighted by molar-refractivity contribution is -0.130. The number of guanidine groups is 1. The normalized spacial score (nSPS) is 15.7. The second-order valence-electron chi connectivity index (χ2n) is 6.33. The first-order valence-corrected chi connectivity index (χ1v) is 9.74. The molecule has 0 saturated carbocycles. The van der Waals surface area contributed by atoms with E-state index in [1.807, 2.05) is 18.7 Å². The van der Waals surface area contributed by atoms with E-state index in [-0.39, 0.29) is 11.8 Å². The van der Waals surface area contributed by atoms with Crippen LogP contribution in [0.3, 0.4) is 0 Å². The first kappa shape index (κ1) is 21.3. The van der Waals surface area contributed by atoms with Gasteiger partial charge in [0.1, 0.15) is 0 Å². The lowest BCUT2D eigenvalue weighted by Gasteiger charge is -2.20. The van der Waals surface area contributed by atoms with E-state index in [4.69, 9.17) is 0 Å². The zero-order valence-corrected chi connectivity index (χ0v) is 15.9. The Morgan fingerprint density at radius 3 is 2.72 bits per heavy atom. The highest BCUT2D eigenvalue weighted by Gasteiger charge is 2.15. The number of nitrogens with zero attached hydrogens (tertiary/aromatic N) is 2. The van der Waals surface area contributed by atoms with Gasteiger partial charge in [-0.15, -0.1) is 0 Å². The van der Waals surface area contributed by atoms with E-state index in [2.05, 4.69) is 20.9 Å². The summed E-state index contributed by atoms with van der Waals surface area (Å²) >= 11 is 0. The lowest BCUT2D eigenvalue weighted by atomic mass is 10.2. The van der Waals surface area contributed by atoms with Crippen LogP contribution in [0.2, 0.25) is 0 Å². The van der Waals surface area contributed by atoms with Gasteiger partial charge in [-0.3, -0.25) is 14.6 Å². The van der Waals surface area contributed by atoms with E-state index >= 15 is 0 Å². The van der Waals surface area contributed by atoms with Crippen LogP contribution in [0.15, 0.2) is 4.99 Å². The fraction of sp³-hybridized carbons (Fsp3) is 0.833. The fourth-order valence-electron chi connectivity index (χ4n) is 2.72. The van der Waals surface area contributed by atoms with Gasteiger partial charge < -0.3 is 20.9 Å². The van der Waals surface area contributed by atoms with Crippen molar-refractivity contribution in [3.63, 3.8) is 0 Å². The number of aliphatic imine (C=N–C) groups is 1. The van der Waals surface area contributed by atoms with E-state index in [1.54, 1.807) is 0 Å². The van der Waals surface area contributed by atoms with Gasteiger partial charge in [0, 0.05) is 52.1 Å². The fourth-order valence-corrected chi connectivity index (χ4v) is 2.72. The molecule has 1 heterocycles. The highest BCUT2D eigenvalue weighted by Crippen LogP contribution is 2.11. The van der Waals surface area contributed by atoms with Crippen molar-refractivity contribution >= 4 is 17.8 Å². The maximum absolute atomic E-state index is 12.0. The first-order chi connectivity index (χ1) is 12.2. The molecule has 0 aliphatic carbocycles. The third kappa shape index (κ3) is 9.94. The van der Waals surface area contributed by atoms with E-state index in [1.165, 1.54) is 0 Å². The number of likely N-dealkylation sites (tertiary alicyclic amines) is 1. The summed E-state index contributed by atoms with van der Waals surface area (Å²) in [5, 5.41) is 9.23. The molecular formula is C18H35N5O2. The molecule has 0 spiro atoms. The number of nitrogens with one attached hydrogen (secondary N) is 3. The van der Waals surface area contributed by atoms with Gasteiger partial charge in [0.05, 0.1) is 0 Å². The van der Waals surface area contributed by atoms with Crippen LogP contribution < -0.4 is 16.0 Å². The molecule has 1 saturated heterocycles. The molecule has 1 aliphatic heterocycles. The van der Waals surface area contributed by atoms with E-state index < -0.39 is 0 Å². The van der Waals surface area contributed by atoms with Crippen LogP contribution in [0.1, 0.15) is 58.8 Å². The molecule has 1 rings (SSSR count). The van der Waals surface area contributed by atoms with Gasteiger partial charge in [0.15, 0.2) is 5.96 Å². The number of hydrogen-bond acceptors (Lipinski definition) is 3. The van der Waals surface area contributed by atoms with Gasteiger partial charge in [0.25, 0.3) is 0 Å². The molecule has 1 aliphatic rings. The van der Waals surface area contributed by atoms with Crippen LogP contribution in [0.4, 0.5) is 0 Å². The third-order valence-electron chi connectivity index (χ3n) is 4.09. The highest BCUT2D eigenvalue weighted by atomic mass is 16.2. The Balaban J connectivity index is 2.27. The van der Waals surface area contributed by atoms with Crippen LogP contribution in [-0.4, -0.2) is 61.9 Å². The standard InChI is InChI=1S/C18H35N5O2/c1-3-11-20-16(24)10-13-22-18(19-4-2)21-12-8-15-23-14-7-5-6-9-17(23)25/h3-15H2,1-2H3,(H,20,24)(H2,19,21,22). The Morgan fingerprint density at radius 1 is 1.12 bits per heavy atom. The molecule has 0 aromatic carbocycles. The van der Waals surface area contributed by atoms with Crippen molar-refractivity contribution in [2.45, 2.75) is 58.8 Å². The van der Waals surface area contributed by atoms with Crippen LogP contribution in [0.5, 0.6) is 0 Å². The molecule has 0 atom stereocenters. The molecule has 0 bridgehead atoms. The summed E-state index contributed by atoms with van der Waals surface area (Å²) in [7, 11) is 0. The summed E-state index contributed by atoms with van der Waals surface area (Å²) in [5.41, 5.74) is 0. The van der Waals surface area contributed by atoms with Gasteiger partial charge in [-0.25, -0.2) is 0 Å². The smallest absolute Gasteiger partial charge is 0.222 e. The molecule has 3 N–H and O–H groups in total. The molecule has 144 valence electrons. The van der Waals surface area contributed by atoms with Crippen molar-refractivity contribution in [3.05, 3.63) is 0 Å². The van der Waals surface area contributed by atoms with Crippen LogP contribution >= 0.6 is 0 Å². The molecule has 0 aromatic heterocycles. The zero-order chi connectivity index (χ0) is 18.3. The molecule has 0 aromatic rings. The Kier molecular flexibility index (Phi) is 11.5. The third-order valence-corrected chi connectivity index (χ3v) is 4.09. The number of hydrogen-bond donors (Lipinski definition) is 3. The molecule has 0 radical (unpaired) electrons. The van der Waals surface area contributed by atoms with E-state index in [9.17, 15) is 9.59 Å². The highest BCUT2D eigenvalue weighted by molar-refractivity contribution is 5.81. The summed E-state index contributed by atoms with van der Waals surface area (Å²) in [6, 6.07) is 0. The number of carbonyl (C=O) groups excluding carboxylic acids is 2. The number of rotatable bonds is 10. The minimum atomic E-state index is 0.0601. The van der Waals surface area contributed by atoms with E-state index in [0.717, 1.165) is 64.2 Å². The number of carbonyl (C=O) groups is 2. The second kappa shape index (κ2) is 13.5. The zero-order valence-electron chi connectivity index (χ0n) is 15.9. The van der Waals surface area contributed by atoms with Gasteiger partial charge >= 0.3 is 0 Å². The topological polar surface area (TPSA) is 85.8 Å². The molecule has 0 unspecified atom stereocenters. The molecule has 2 amide bonds. The average Bonchev–Trinajstić information content (AvgIpc) is 2.81. The monoisotopic (exact) mass is 353 g/mol. The van der Waals surface area contributed by atoms with Crippen molar-refractivity contribution in [3.8, 4) is 0 Å². The van der Waals surface area contributed by atoms with Crippen molar-refractivity contribution < 1.29 is 9.59 Å². The van der Waals surface area contributed by atoms with Crippen LogP contribution in [0, 0.1) is 0 Å². The minimum Gasteiger partial charge on any atom is -0.357 e. The maximum Gasteiger partial charge on any atom is 0.222 e. The summed E-state index contributed by atoms with van der Waals surface area (Å²) in [6.45, 7) is 8.44. The second-order valence-corrected chi connectivity index (χ2v) is 6.33. The van der Waals surface area contributed by atoms with E-state index in [0.29, 0.717) is 25.9 Å². The van der Waals surface area contributed by atoms with Crippen LogP contribution in [0.25, 0.3) is 0 Å². The predicted octanol–water partition coefficient (Wildman–Crippen LogP) is 1.25. The predicted molar refractivity (Wildman–Crippen MR) is 102 cm³/mol. The summed E-state index contributed by atoms with van der Waals surface area (Å²) in [5.74, 6) is 1.07. The Morgan fingerprint density at radius 2 is 1.96 bits per heavy atom. The SMILES string of the molecule is CCCNC(=O)CCNC(=NCCCN1CCCCCC1=O)NCC.